The van der Waals surface area contributed by atoms with Crippen LogP contribution in [0.1, 0.15) is 41.5 Å². The first kappa shape index (κ1) is 15.0. The highest BCUT2D eigenvalue weighted by molar-refractivity contribution is 5.53. The molecule has 4 nitrogen and oxygen atoms in total. The van der Waals surface area contributed by atoms with Gasteiger partial charge in [-0.25, -0.2) is 0 Å². The van der Waals surface area contributed by atoms with Gasteiger partial charge in [0, 0.05) is 13.1 Å². The number of carbonyl (C=O) groups excluding carboxylic acids is 2. The molecule has 0 saturated carbocycles. The minimum atomic E-state index is -0.0228. The van der Waals surface area contributed by atoms with E-state index >= 15 is 0 Å². The molecule has 1 saturated heterocycles. The molecule has 0 aromatic heterocycles. The standard InChI is InChI=1S/C14H26N2O2/c1-13(2,3)11-7-16(10-18)12(14(4,5)6)8-15(11)9-17/h9-12H,7-8H2,1-6H3/t11-,12+. The highest BCUT2D eigenvalue weighted by Gasteiger charge is 2.42. The summed E-state index contributed by atoms with van der Waals surface area (Å²) >= 11 is 0. The molecular weight excluding hydrogens is 228 g/mol. The van der Waals surface area contributed by atoms with Crippen LogP contribution in [0.4, 0.5) is 0 Å². The zero-order chi connectivity index (χ0) is 14.1. The molecule has 0 unspecified atom stereocenters. The zero-order valence-electron chi connectivity index (χ0n) is 12.4. The summed E-state index contributed by atoms with van der Waals surface area (Å²) in [6, 6.07) is 0.164. The van der Waals surface area contributed by atoms with E-state index in [0.29, 0.717) is 13.1 Å². The van der Waals surface area contributed by atoms with Crippen molar-refractivity contribution in [2.45, 2.75) is 53.6 Å². The van der Waals surface area contributed by atoms with Crippen LogP contribution in [0.3, 0.4) is 0 Å². The van der Waals surface area contributed by atoms with Crippen LogP contribution in [-0.2, 0) is 9.59 Å². The lowest BCUT2D eigenvalue weighted by atomic mass is 9.79. The van der Waals surface area contributed by atoms with Gasteiger partial charge in [-0.1, -0.05) is 41.5 Å². The van der Waals surface area contributed by atoms with Crippen molar-refractivity contribution in [3.05, 3.63) is 0 Å². The van der Waals surface area contributed by atoms with Crippen molar-refractivity contribution in [1.82, 2.24) is 9.80 Å². The second kappa shape index (κ2) is 4.90. The first-order chi connectivity index (χ1) is 8.11. The Morgan fingerprint density at radius 1 is 0.778 bits per heavy atom. The molecule has 0 bridgehead atoms. The Labute approximate surface area is 110 Å². The summed E-state index contributed by atoms with van der Waals surface area (Å²) in [6.45, 7) is 13.9. The number of hydrogen-bond acceptors (Lipinski definition) is 2. The van der Waals surface area contributed by atoms with Crippen LogP contribution in [0.2, 0.25) is 0 Å². The normalized spacial score (nSPS) is 26.1. The van der Waals surface area contributed by atoms with Gasteiger partial charge in [0.15, 0.2) is 0 Å². The second-order valence-corrected chi connectivity index (χ2v) is 7.37. The molecule has 1 aliphatic rings. The van der Waals surface area contributed by atoms with Crippen LogP contribution in [0.25, 0.3) is 0 Å². The van der Waals surface area contributed by atoms with Crippen LogP contribution >= 0.6 is 0 Å². The van der Waals surface area contributed by atoms with E-state index < -0.39 is 0 Å². The van der Waals surface area contributed by atoms with Crippen molar-refractivity contribution >= 4 is 12.8 Å². The average Bonchev–Trinajstić information content (AvgIpc) is 2.24. The molecule has 4 heteroatoms. The van der Waals surface area contributed by atoms with Gasteiger partial charge in [-0.3, -0.25) is 9.59 Å². The fourth-order valence-corrected chi connectivity index (χ4v) is 2.64. The number of hydrogen-bond donors (Lipinski definition) is 0. The summed E-state index contributed by atoms with van der Waals surface area (Å²) in [5, 5.41) is 0. The Kier molecular flexibility index (Phi) is 4.08. The Balaban J connectivity index is 3.00. The van der Waals surface area contributed by atoms with Crippen molar-refractivity contribution < 1.29 is 9.59 Å². The maximum atomic E-state index is 11.3. The summed E-state index contributed by atoms with van der Waals surface area (Å²) in [4.78, 5) is 26.3. The molecule has 1 rings (SSSR count). The van der Waals surface area contributed by atoms with E-state index in [4.69, 9.17) is 0 Å². The number of piperazine rings is 1. The molecule has 0 N–H and O–H groups in total. The Morgan fingerprint density at radius 3 is 1.22 bits per heavy atom. The van der Waals surface area contributed by atoms with Gasteiger partial charge in [-0.05, 0) is 10.8 Å². The molecule has 2 amide bonds. The van der Waals surface area contributed by atoms with Crippen LogP contribution < -0.4 is 0 Å². The van der Waals surface area contributed by atoms with Crippen LogP contribution in [0, 0.1) is 10.8 Å². The van der Waals surface area contributed by atoms with E-state index in [1.807, 2.05) is 9.80 Å². The molecule has 1 heterocycles. The quantitative estimate of drug-likeness (QED) is 0.704. The minimum Gasteiger partial charge on any atom is -0.338 e. The molecule has 0 aliphatic carbocycles. The van der Waals surface area contributed by atoms with E-state index in [9.17, 15) is 9.59 Å². The van der Waals surface area contributed by atoms with Crippen LogP contribution in [-0.4, -0.2) is 47.8 Å². The maximum absolute atomic E-state index is 11.3. The fraction of sp³-hybridized carbons (Fsp3) is 0.857. The topological polar surface area (TPSA) is 40.6 Å². The van der Waals surface area contributed by atoms with Crippen molar-refractivity contribution in [3.63, 3.8) is 0 Å². The van der Waals surface area contributed by atoms with E-state index in [1.165, 1.54) is 0 Å². The molecule has 0 aromatic rings. The number of rotatable bonds is 2. The zero-order valence-corrected chi connectivity index (χ0v) is 12.4. The van der Waals surface area contributed by atoms with Gasteiger partial charge in [0.1, 0.15) is 0 Å². The predicted molar refractivity (Wildman–Crippen MR) is 72.0 cm³/mol. The van der Waals surface area contributed by atoms with Gasteiger partial charge in [-0.15, -0.1) is 0 Å². The second-order valence-electron chi connectivity index (χ2n) is 7.37. The third-order valence-corrected chi connectivity index (χ3v) is 3.84. The van der Waals surface area contributed by atoms with E-state index in [0.717, 1.165) is 12.8 Å². The average molecular weight is 254 g/mol. The predicted octanol–water partition coefficient (Wildman–Crippen LogP) is 1.75. The fourth-order valence-electron chi connectivity index (χ4n) is 2.64. The first-order valence-electron chi connectivity index (χ1n) is 6.53. The van der Waals surface area contributed by atoms with Gasteiger partial charge in [0.05, 0.1) is 12.1 Å². The Bertz CT molecular complexity index is 283. The number of nitrogens with zero attached hydrogens (tertiary/aromatic N) is 2. The summed E-state index contributed by atoms with van der Waals surface area (Å²) in [7, 11) is 0. The van der Waals surface area contributed by atoms with E-state index in [2.05, 4.69) is 41.5 Å². The summed E-state index contributed by atoms with van der Waals surface area (Å²) < 4.78 is 0. The van der Waals surface area contributed by atoms with Gasteiger partial charge in [0.2, 0.25) is 12.8 Å². The largest absolute Gasteiger partial charge is 0.338 e. The molecule has 2 atom stereocenters. The van der Waals surface area contributed by atoms with Crippen molar-refractivity contribution in [1.29, 1.82) is 0 Å². The SMILES string of the molecule is CC(C)(C)[C@@H]1CN(C=O)[C@@H](C(C)(C)C)CN1C=O. The highest BCUT2D eigenvalue weighted by Crippen LogP contribution is 2.33. The molecule has 1 fully saturated rings. The monoisotopic (exact) mass is 254 g/mol. The van der Waals surface area contributed by atoms with Gasteiger partial charge >= 0.3 is 0 Å². The van der Waals surface area contributed by atoms with E-state index in [1.54, 1.807) is 0 Å². The molecular formula is C14H26N2O2. The van der Waals surface area contributed by atoms with Crippen LogP contribution in [0.5, 0.6) is 0 Å². The minimum absolute atomic E-state index is 0.0228. The number of amides is 2. The lowest BCUT2D eigenvalue weighted by molar-refractivity contribution is -0.140. The summed E-state index contributed by atoms with van der Waals surface area (Å²) in [5.41, 5.74) is -0.0456. The maximum Gasteiger partial charge on any atom is 0.210 e. The summed E-state index contributed by atoms with van der Waals surface area (Å²) in [5.74, 6) is 0. The highest BCUT2D eigenvalue weighted by atomic mass is 16.1. The molecule has 104 valence electrons. The summed E-state index contributed by atoms with van der Waals surface area (Å²) in [6.07, 6.45) is 1.85. The molecule has 1 aliphatic heterocycles. The lowest BCUT2D eigenvalue weighted by Crippen LogP contribution is -2.64. The molecule has 0 spiro atoms. The van der Waals surface area contributed by atoms with Gasteiger partial charge in [-0.2, -0.15) is 0 Å². The third kappa shape index (κ3) is 3.03. The first-order valence-corrected chi connectivity index (χ1v) is 6.53. The van der Waals surface area contributed by atoms with Crippen molar-refractivity contribution in [2.24, 2.45) is 10.8 Å². The van der Waals surface area contributed by atoms with Gasteiger partial charge < -0.3 is 9.80 Å². The number of carbonyl (C=O) groups is 2. The lowest BCUT2D eigenvalue weighted by Gasteiger charge is -2.51. The van der Waals surface area contributed by atoms with Crippen LogP contribution in [0.15, 0.2) is 0 Å². The Hall–Kier alpha value is -1.06. The molecule has 0 radical (unpaired) electrons. The van der Waals surface area contributed by atoms with Crippen molar-refractivity contribution in [3.8, 4) is 0 Å². The van der Waals surface area contributed by atoms with E-state index in [-0.39, 0.29) is 22.9 Å². The Morgan fingerprint density at radius 2 is 1.06 bits per heavy atom. The van der Waals surface area contributed by atoms with Crippen molar-refractivity contribution in [2.75, 3.05) is 13.1 Å². The smallest absolute Gasteiger partial charge is 0.210 e. The molecule has 0 aromatic carbocycles. The molecule has 18 heavy (non-hydrogen) atoms. The third-order valence-electron chi connectivity index (χ3n) is 3.84. The van der Waals surface area contributed by atoms with Gasteiger partial charge in [0.25, 0.3) is 0 Å².